The molecule has 0 aromatic heterocycles. The molecule has 3 atom stereocenters. The van der Waals surface area contributed by atoms with Crippen LogP contribution in [0.15, 0.2) is 0 Å². The van der Waals surface area contributed by atoms with Gasteiger partial charge in [-0.25, -0.2) is 0 Å². The van der Waals surface area contributed by atoms with E-state index in [9.17, 15) is 13.9 Å². The summed E-state index contributed by atoms with van der Waals surface area (Å²) in [6.45, 7) is 1.83. The number of carboxylic acid groups (broad SMARTS) is 1. The van der Waals surface area contributed by atoms with Crippen LogP contribution < -0.4 is 5.32 Å². The van der Waals surface area contributed by atoms with E-state index in [4.69, 9.17) is 14.9 Å². The average molecular weight is 261 g/mol. The van der Waals surface area contributed by atoms with Gasteiger partial charge in [0.1, 0.15) is 0 Å². The summed E-state index contributed by atoms with van der Waals surface area (Å²) in [5.41, 5.74) is 0. The Balaban J connectivity index is 0. The summed E-state index contributed by atoms with van der Waals surface area (Å²) in [6, 6.07) is 0.0764. The zero-order chi connectivity index (χ0) is 12.4. The number of nitrogens with one attached hydrogen (secondary N) is 1. The molecule has 0 rings (SSSR count). The molecule has 10 heteroatoms. The van der Waals surface area contributed by atoms with E-state index in [-0.39, 0.29) is 12.5 Å². The molecule has 0 radical (unpaired) electrons. The van der Waals surface area contributed by atoms with Crippen LogP contribution >= 0.6 is 16.5 Å². The molecule has 88 valence electrons. The summed E-state index contributed by atoms with van der Waals surface area (Å²) in [7, 11) is -4.10. The van der Waals surface area contributed by atoms with Crippen LogP contribution in [0.25, 0.3) is 0 Å². The van der Waals surface area contributed by atoms with Crippen LogP contribution in [-0.2, 0) is 18.2 Å². The van der Waals surface area contributed by atoms with Gasteiger partial charge in [-0.05, 0) is 14.0 Å². The second-order valence-corrected chi connectivity index (χ2v) is 3.95. The molecule has 8 nitrogen and oxygen atoms in total. The predicted octanol–water partition coefficient (Wildman–Crippen LogP) is 0.371. The first-order valence-corrected chi connectivity index (χ1v) is 5.95. The van der Waals surface area contributed by atoms with E-state index >= 15 is 0 Å². The molecule has 0 aliphatic carbocycles. The summed E-state index contributed by atoms with van der Waals surface area (Å²) < 4.78 is 22.2. The predicted molar refractivity (Wildman–Crippen MR) is 51.5 cm³/mol. The number of hydrogen-bond donors (Lipinski definition) is 4. The third kappa shape index (κ3) is 19.8. The first-order chi connectivity index (χ1) is 6.79. The van der Waals surface area contributed by atoms with Gasteiger partial charge in [0.2, 0.25) is 0 Å². The molecule has 0 heterocycles. The van der Waals surface area contributed by atoms with E-state index in [1.807, 2.05) is 6.92 Å². The molecule has 15 heavy (non-hydrogen) atoms. The van der Waals surface area contributed by atoms with Gasteiger partial charge in [0.05, 0.1) is 6.42 Å². The van der Waals surface area contributed by atoms with Crippen LogP contribution in [0.5, 0.6) is 0 Å². The molecular formula is C5H13NO7P2+2. The number of rotatable bonds is 5. The van der Waals surface area contributed by atoms with Crippen molar-refractivity contribution in [3.8, 4) is 0 Å². The maximum absolute atomic E-state index is 9.93. The quantitative estimate of drug-likeness (QED) is 0.521. The van der Waals surface area contributed by atoms with Crippen LogP contribution in [0.2, 0.25) is 0 Å². The van der Waals surface area contributed by atoms with Crippen molar-refractivity contribution >= 4 is 22.5 Å². The Morgan fingerprint density at radius 2 is 1.80 bits per heavy atom. The fraction of sp³-hybridized carbons (Fsp3) is 0.800. The highest BCUT2D eigenvalue weighted by Crippen LogP contribution is 2.30. The van der Waals surface area contributed by atoms with Crippen molar-refractivity contribution in [2.75, 3.05) is 7.05 Å². The topological polar surface area (TPSA) is 133 Å². The van der Waals surface area contributed by atoms with Gasteiger partial charge in [-0.1, -0.05) is 0 Å². The third-order valence-electron chi connectivity index (χ3n) is 1.11. The van der Waals surface area contributed by atoms with Crippen molar-refractivity contribution in [1.82, 2.24) is 5.32 Å². The van der Waals surface area contributed by atoms with Crippen LogP contribution in [0.4, 0.5) is 0 Å². The first kappa shape index (κ1) is 16.9. The van der Waals surface area contributed by atoms with E-state index in [1.54, 1.807) is 7.05 Å². The van der Waals surface area contributed by atoms with Crippen molar-refractivity contribution in [2.24, 2.45) is 0 Å². The Morgan fingerprint density at radius 3 is 1.87 bits per heavy atom. The summed E-state index contributed by atoms with van der Waals surface area (Å²) in [5, 5.41) is 11.0. The van der Waals surface area contributed by atoms with Crippen molar-refractivity contribution < 1.29 is 33.1 Å². The van der Waals surface area contributed by atoms with Gasteiger partial charge in [0, 0.05) is 15.2 Å². The molecule has 0 amide bonds. The highest BCUT2D eigenvalue weighted by atomic mass is 31.2. The lowest BCUT2D eigenvalue weighted by molar-refractivity contribution is -0.137. The Morgan fingerprint density at radius 1 is 1.40 bits per heavy atom. The zero-order valence-corrected chi connectivity index (χ0v) is 9.94. The van der Waals surface area contributed by atoms with Gasteiger partial charge in [0.25, 0.3) is 0 Å². The van der Waals surface area contributed by atoms with Crippen molar-refractivity contribution in [2.45, 2.75) is 19.4 Å². The van der Waals surface area contributed by atoms with E-state index < -0.39 is 22.5 Å². The third-order valence-corrected chi connectivity index (χ3v) is 2.23. The minimum atomic E-state index is -2.92. The molecule has 0 saturated heterocycles. The maximum atomic E-state index is 9.93. The fourth-order valence-electron chi connectivity index (χ4n) is 0.424. The summed E-state index contributed by atoms with van der Waals surface area (Å²) in [6.07, 6.45) is 0.191. The molecule has 0 aromatic carbocycles. The lowest BCUT2D eigenvalue weighted by Gasteiger charge is -2.03. The summed E-state index contributed by atoms with van der Waals surface area (Å²) >= 11 is 0. The number of aliphatic carboxylic acids is 1. The lowest BCUT2D eigenvalue weighted by Crippen LogP contribution is -2.24. The highest BCUT2D eigenvalue weighted by Gasteiger charge is 2.31. The highest BCUT2D eigenvalue weighted by molar-refractivity contribution is 7.46. The summed E-state index contributed by atoms with van der Waals surface area (Å²) in [5.74, 6) is -0.758. The second-order valence-electron chi connectivity index (χ2n) is 2.34. The molecule has 0 fully saturated rings. The van der Waals surface area contributed by atoms with Crippen molar-refractivity contribution in [3.63, 3.8) is 0 Å². The van der Waals surface area contributed by atoms with Crippen LogP contribution in [0.3, 0.4) is 0 Å². The minimum absolute atomic E-state index is 0.0764. The molecular weight excluding hydrogens is 248 g/mol. The molecule has 0 saturated carbocycles. The van der Waals surface area contributed by atoms with Gasteiger partial charge in [-0.2, -0.15) is 0 Å². The van der Waals surface area contributed by atoms with Gasteiger partial charge >= 0.3 is 22.5 Å². The number of carboxylic acids is 1. The molecule has 0 aromatic rings. The number of carbonyl (C=O) groups is 1. The van der Waals surface area contributed by atoms with Crippen LogP contribution in [-0.4, -0.2) is 34.0 Å². The van der Waals surface area contributed by atoms with E-state index in [2.05, 4.69) is 9.63 Å². The van der Waals surface area contributed by atoms with E-state index in [0.29, 0.717) is 0 Å². The molecule has 4 N–H and O–H groups in total. The largest absolute Gasteiger partial charge is 0.745 e. The summed E-state index contributed by atoms with van der Waals surface area (Å²) in [4.78, 5) is 25.3. The van der Waals surface area contributed by atoms with Crippen molar-refractivity contribution in [1.29, 1.82) is 0 Å². The zero-order valence-electron chi connectivity index (χ0n) is 8.15. The molecule has 0 spiro atoms. The average Bonchev–Trinajstić information content (AvgIpc) is 2.01. The Hall–Kier alpha value is -0.490. The standard InChI is InChI=1S/C5H11NO2.O5P2/c1-4(6-2)3-5(7)8;1-6(2)5-7(3)4/h4,6H,3H2,1-2H3,(H,7,8);/p+2. The maximum Gasteiger partial charge on any atom is 0.745 e. The first-order valence-electron chi connectivity index (χ1n) is 3.69. The van der Waals surface area contributed by atoms with Crippen LogP contribution in [0, 0.1) is 0 Å². The van der Waals surface area contributed by atoms with Crippen LogP contribution in [0.1, 0.15) is 13.3 Å². The normalized spacial score (nSPS) is 13.3. The number of hydrogen-bond acceptors (Lipinski definition) is 5. The van der Waals surface area contributed by atoms with Gasteiger partial charge in [-0.3, -0.25) is 4.79 Å². The van der Waals surface area contributed by atoms with Crippen molar-refractivity contribution in [3.05, 3.63) is 0 Å². The van der Waals surface area contributed by atoms with Gasteiger partial charge < -0.3 is 10.4 Å². The van der Waals surface area contributed by atoms with E-state index in [0.717, 1.165) is 0 Å². The monoisotopic (exact) mass is 261 g/mol. The Bertz CT molecular complexity index is 221. The molecule has 0 aliphatic rings. The Kier molecular flexibility index (Phi) is 11.3. The second kappa shape index (κ2) is 10.0. The minimum Gasteiger partial charge on any atom is -0.481 e. The smallest absolute Gasteiger partial charge is 0.481 e. The van der Waals surface area contributed by atoms with E-state index in [1.165, 1.54) is 0 Å². The van der Waals surface area contributed by atoms with Gasteiger partial charge in [0.15, 0.2) is 4.31 Å². The fourth-order valence-corrected chi connectivity index (χ4v) is 0.902. The molecule has 3 unspecified atom stereocenters. The van der Waals surface area contributed by atoms with Gasteiger partial charge in [-0.15, -0.1) is 9.79 Å². The molecule has 0 aliphatic heterocycles. The SMILES string of the molecule is CNC(C)CC(=O)O.O=[P+](O)O[P+](=O)O. The Labute approximate surface area is 88.2 Å². The lowest BCUT2D eigenvalue weighted by atomic mass is 10.2. The molecule has 0 bridgehead atoms.